The van der Waals surface area contributed by atoms with Crippen molar-refractivity contribution in [3.8, 4) is 5.75 Å². The van der Waals surface area contributed by atoms with E-state index in [1.165, 1.54) is 12.1 Å². The predicted molar refractivity (Wildman–Crippen MR) is 62.1 cm³/mol. The number of hydrogen-bond donors (Lipinski definition) is 1. The summed E-state index contributed by atoms with van der Waals surface area (Å²) in [6.07, 6.45) is -0.347. The first-order valence-electron chi connectivity index (χ1n) is 4.48. The number of carboxylic acids is 1. The highest BCUT2D eigenvalue weighted by Gasteiger charge is 2.17. The van der Waals surface area contributed by atoms with Gasteiger partial charge in [0.25, 0.3) is 0 Å². The average Bonchev–Trinajstić information content (AvgIpc) is 2.22. The Kier molecular flexibility index (Phi) is 5.14. The molecule has 0 aliphatic carbocycles. The summed E-state index contributed by atoms with van der Waals surface area (Å²) in [6.45, 7) is -2.97. The zero-order valence-electron chi connectivity index (χ0n) is 8.42. The maximum absolute atomic E-state index is 12.1. The SMILES string of the molecule is O=C(O)Cc1c(Cl)ccc(OC(F)F)c1CBr. The predicted octanol–water partition coefficient (Wildman–Crippen LogP) is 3.46. The molecule has 0 unspecified atom stereocenters. The molecule has 1 aromatic rings. The number of ether oxygens (including phenoxy) is 1. The number of hydrogen-bond acceptors (Lipinski definition) is 2. The van der Waals surface area contributed by atoms with Crippen molar-refractivity contribution in [2.24, 2.45) is 0 Å². The molecule has 0 aromatic heterocycles. The van der Waals surface area contributed by atoms with E-state index < -0.39 is 12.6 Å². The Morgan fingerprint density at radius 3 is 2.59 bits per heavy atom. The maximum Gasteiger partial charge on any atom is 0.387 e. The second-order valence-corrected chi connectivity index (χ2v) is 4.05. The van der Waals surface area contributed by atoms with Crippen molar-refractivity contribution < 1.29 is 23.4 Å². The molecular weight excluding hydrogens is 321 g/mol. The molecule has 0 bridgehead atoms. The van der Waals surface area contributed by atoms with Gasteiger partial charge in [-0.15, -0.1) is 0 Å². The first kappa shape index (κ1) is 14.2. The maximum atomic E-state index is 12.1. The van der Waals surface area contributed by atoms with Gasteiger partial charge in [0.2, 0.25) is 0 Å². The highest BCUT2D eigenvalue weighted by atomic mass is 79.9. The van der Waals surface area contributed by atoms with Crippen molar-refractivity contribution in [1.29, 1.82) is 0 Å². The molecule has 0 radical (unpaired) electrons. The van der Waals surface area contributed by atoms with E-state index in [-0.39, 0.29) is 28.1 Å². The van der Waals surface area contributed by atoms with Crippen molar-refractivity contribution in [2.45, 2.75) is 18.4 Å². The van der Waals surface area contributed by atoms with Crippen molar-refractivity contribution >= 4 is 33.5 Å². The van der Waals surface area contributed by atoms with Crippen molar-refractivity contribution in [3.63, 3.8) is 0 Å². The first-order valence-corrected chi connectivity index (χ1v) is 5.98. The summed E-state index contributed by atoms with van der Waals surface area (Å²) < 4.78 is 28.6. The van der Waals surface area contributed by atoms with E-state index in [2.05, 4.69) is 20.7 Å². The Balaban J connectivity index is 3.20. The fourth-order valence-corrected chi connectivity index (χ4v) is 2.20. The standard InChI is InChI=1S/C10H8BrClF2O3/c11-4-6-5(3-9(15)16)7(12)1-2-8(6)17-10(13)14/h1-2,10H,3-4H2,(H,15,16). The van der Waals surface area contributed by atoms with Crippen LogP contribution in [0.15, 0.2) is 12.1 Å². The van der Waals surface area contributed by atoms with Gasteiger partial charge >= 0.3 is 12.6 Å². The fourth-order valence-electron chi connectivity index (χ4n) is 1.34. The molecule has 7 heteroatoms. The minimum absolute atomic E-state index is 0.0717. The molecule has 0 saturated carbocycles. The molecule has 0 heterocycles. The topological polar surface area (TPSA) is 46.5 Å². The molecule has 0 spiro atoms. The van der Waals surface area contributed by atoms with Crippen LogP contribution in [0, 0.1) is 0 Å². The monoisotopic (exact) mass is 328 g/mol. The quantitative estimate of drug-likeness (QED) is 0.842. The molecule has 0 aliphatic heterocycles. The van der Waals surface area contributed by atoms with Gasteiger partial charge in [-0.2, -0.15) is 8.78 Å². The minimum Gasteiger partial charge on any atom is -0.481 e. The number of aliphatic carboxylic acids is 1. The number of rotatable bonds is 5. The Morgan fingerprint density at radius 1 is 1.47 bits per heavy atom. The van der Waals surface area contributed by atoms with Gasteiger partial charge in [-0.1, -0.05) is 27.5 Å². The van der Waals surface area contributed by atoms with E-state index in [4.69, 9.17) is 16.7 Å². The second-order valence-electron chi connectivity index (χ2n) is 3.09. The van der Waals surface area contributed by atoms with E-state index in [0.29, 0.717) is 5.56 Å². The van der Waals surface area contributed by atoms with Gasteiger partial charge in [0, 0.05) is 15.9 Å². The summed E-state index contributed by atoms with van der Waals surface area (Å²) in [5, 5.41) is 9.11. The molecule has 1 aromatic carbocycles. The van der Waals surface area contributed by atoms with Crippen LogP contribution in [0.1, 0.15) is 11.1 Å². The normalized spacial score (nSPS) is 10.6. The highest BCUT2D eigenvalue weighted by Crippen LogP contribution is 2.32. The second kappa shape index (κ2) is 6.16. The summed E-state index contributed by atoms with van der Waals surface area (Å²) >= 11 is 8.93. The van der Waals surface area contributed by atoms with Crippen LogP contribution in [-0.2, 0) is 16.5 Å². The Bertz CT molecular complexity index is 426. The third-order valence-corrected chi connectivity index (χ3v) is 2.92. The van der Waals surface area contributed by atoms with Crippen LogP contribution >= 0.6 is 27.5 Å². The molecule has 0 fully saturated rings. The van der Waals surface area contributed by atoms with Crippen molar-refractivity contribution in [2.75, 3.05) is 0 Å². The molecule has 0 saturated heterocycles. The smallest absolute Gasteiger partial charge is 0.387 e. The largest absolute Gasteiger partial charge is 0.481 e. The van der Waals surface area contributed by atoms with Gasteiger partial charge in [-0.05, 0) is 17.7 Å². The lowest BCUT2D eigenvalue weighted by atomic mass is 10.0. The molecule has 1 rings (SSSR count). The molecule has 3 nitrogen and oxygen atoms in total. The van der Waals surface area contributed by atoms with Crippen LogP contribution in [-0.4, -0.2) is 17.7 Å². The Morgan fingerprint density at radius 2 is 2.12 bits per heavy atom. The first-order chi connectivity index (χ1) is 7.95. The Hall–Kier alpha value is -0.880. The van der Waals surface area contributed by atoms with Gasteiger partial charge in [0.1, 0.15) is 5.75 Å². The van der Waals surface area contributed by atoms with Gasteiger partial charge < -0.3 is 9.84 Å². The van der Waals surface area contributed by atoms with Crippen LogP contribution in [0.25, 0.3) is 0 Å². The van der Waals surface area contributed by atoms with Crippen LogP contribution in [0.3, 0.4) is 0 Å². The van der Waals surface area contributed by atoms with Crippen LogP contribution in [0.5, 0.6) is 5.75 Å². The third-order valence-electron chi connectivity index (χ3n) is 2.01. The third kappa shape index (κ3) is 3.81. The van der Waals surface area contributed by atoms with Gasteiger partial charge in [0.15, 0.2) is 0 Å². The summed E-state index contributed by atoms with van der Waals surface area (Å²) in [5.74, 6) is -1.17. The van der Waals surface area contributed by atoms with Gasteiger partial charge in [-0.3, -0.25) is 4.79 Å². The number of alkyl halides is 3. The number of benzene rings is 1. The van der Waals surface area contributed by atoms with Crippen molar-refractivity contribution in [3.05, 3.63) is 28.3 Å². The molecule has 0 aliphatic rings. The lowest BCUT2D eigenvalue weighted by molar-refractivity contribution is -0.136. The zero-order valence-corrected chi connectivity index (χ0v) is 10.8. The van der Waals surface area contributed by atoms with Gasteiger partial charge in [-0.25, -0.2) is 0 Å². The van der Waals surface area contributed by atoms with Crippen LogP contribution in [0.4, 0.5) is 8.78 Å². The molecule has 17 heavy (non-hydrogen) atoms. The van der Waals surface area contributed by atoms with E-state index in [1.807, 2.05) is 0 Å². The Labute approximate surface area is 109 Å². The fraction of sp³-hybridized carbons (Fsp3) is 0.300. The summed E-state index contributed by atoms with van der Waals surface area (Å²) in [6, 6.07) is 2.63. The van der Waals surface area contributed by atoms with E-state index in [1.54, 1.807) is 0 Å². The van der Waals surface area contributed by atoms with Crippen LogP contribution < -0.4 is 4.74 Å². The molecule has 1 N–H and O–H groups in total. The molecule has 0 atom stereocenters. The number of halogens is 4. The van der Waals surface area contributed by atoms with E-state index in [0.717, 1.165) is 0 Å². The zero-order chi connectivity index (χ0) is 13.0. The number of carbonyl (C=O) groups is 1. The van der Waals surface area contributed by atoms with E-state index in [9.17, 15) is 13.6 Å². The lowest BCUT2D eigenvalue weighted by Crippen LogP contribution is -2.08. The summed E-state index contributed by atoms with van der Waals surface area (Å²) in [4.78, 5) is 10.7. The minimum atomic E-state index is -2.97. The summed E-state index contributed by atoms with van der Waals surface area (Å²) in [7, 11) is 0. The van der Waals surface area contributed by atoms with E-state index >= 15 is 0 Å². The van der Waals surface area contributed by atoms with Crippen molar-refractivity contribution in [1.82, 2.24) is 0 Å². The molecule has 94 valence electrons. The van der Waals surface area contributed by atoms with Crippen LogP contribution in [0.2, 0.25) is 5.02 Å². The lowest BCUT2D eigenvalue weighted by Gasteiger charge is -2.13. The van der Waals surface area contributed by atoms with Gasteiger partial charge in [0.05, 0.1) is 6.42 Å². The highest BCUT2D eigenvalue weighted by molar-refractivity contribution is 9.08. The number of carboxylic acid groups (broad SMARTS) is 1. The average molecular weight is 330 g/mol. The molecule has 0 amide bonds. The summed E-state index contributed by atoms with van der Waals surface area (Å²) in [5.41, 5.74) is 0.592. The molecular formula is C10H8BrClF2O3.